The zero-order valence-corrected chi connectivity index (χ0v) is 12.9. The van der Waals surface area contributed by atoms with Crippen LogP contribution >= 0.6 is 0 Å². The van der Waals surface area contributed by atoms with Crippen molar-refractivity contribution in [1.29, 1.82) is 0 Å². The summed E-state index contributed by atoms with van der Waals surface area (Å²) in [5.74, 6) is 0.689. The molecule has 0 fully saturated rings. The highest BCUT2D eigenvalue weighted by Gasteiger charge is 2.08. The first kappa shape index (κ1) is 15.5. The Balaban J connectivity index is 2.16. The van der Waals surface area contributed by atoms with Crippen LogP contribution in [0.3, 0.4) is 0 Å². The Bertz CT molecular complexity index is 614. The van der Waals surface area contributed by atoms with Crippen molar-refractivity contribution in [2.45, 2.75) is 33.8 Å². The number of hydrogen-bond donors (Lipinski definition) is 1. The third-order valence-corrected chi connectivity index (χ3v) is 3.63. The largest absolute Gasteiger partial charge is 0.488 e. The highest BCUT2D eigenvalue weighted by molar-refractivity contribution is 5.43. The van der Waals surface area contributed by atoms with Gasteiger partial charge in [-0.05, 0) is 73.7 Å². The molecule has 0 atom stereocenters. The fraction of sp³-hybridized carbons (Fsp3) is 0.333. The Labute approximate surface area is 125 Å². The van der Waals surface area contributed by atoms with E-state index in [1.807, 2.05) is 20.8 Å². The van der Waals surface area contributed by atoms with Crippen LogP contribution in [0.4, 0.5) is 4.39 Å². The lowest BCUT2D eigenvalue weighted by Gasteiger charge is -2.15. The van der Waals surface area contributed by atoms with Crippen molar-refractivity contribution >= 4 is 0 Å². The fourth-order valence-corrected chi connectivity index (χ4v) is 2.55. The van der Waals surface area contributed by atoms with Crippen molar-refractivity contribution < 1.29 is 9.13 Å². The smallest absolute Gasteiger partial charge is 0.125 e. The van der Waals surface area contributed by atoms with Gasteiger partial charge >= 0.3 is 0 Å². The molecule has 2 aromatic carbocycles. The van der Waals surface area contributed by atoms with E-state index in [4.69, 9.17) is 10.5 Å². The zero-order valence-electron chi connectivity index (χ0n) is 12.9. The van der Waals surface area contributed by atoms with Crippen molar-refractivity contribution in [3.63, 3.8) is 0 Å². The molecule has 0 radical (unpaired) electrons. The number of nitrogens with two attached hydrogens (primary N) is 1. The van der Waals surface area contributed by atoms with Crippen molar-refractivity contribution in [2.24, 2.45) is 5.73 Å². The van der Waals surface area contributed by atoms with E-state index < -0.39 is 0 Å². The van der Waals surface area contributed by atoms with Gasteiger partial charge in [-0.1, -0.05) is 18.2 Å². The van der Waals surface area contributed by atoms with Crippen LogP contribution in [0, 0.1) is 26.6 Å². The monoisotopic (exact) mass is 287 g/mol. The van der Waals surface area contributed by atoms with Gasteiger partial charge < -0.3 is 10.5 Å². The lowest BCUT2D eigenvalue weighted by atomic mass is 10.0. The highest BCUT2D eigenvalue weighted by atomic mass is 19.1. The first-order valence-electron chi connectivity index (χ1n) is 7.19. The van der Waals surface area contributed by atoms with Crippen LogP contribution in [0.5, 0.6) is 5.75 Å². The summed E-state index contributed by atoms with van der Waals surface area (Å²) in [5.41, 5.74) is 11.0. The van der Waals surface area contributed by atoms with Gasteiger partial charge in [-0.25, -0.2) is 4.39 Å². The quantitative estimate of drug-likeness (QED) is 0.907. The molecule has 2 aromatic rings. The van der Waals surface area contributed by atoms with E-state index >= 15 is 0 Å². The van der Waals surface area contributed by atoms with E-state index in [2.05, 4.69) is 12.1 Å². The molecule has 2 nitrogen and oxygen atoms in total. The van der Waals surface area contributed by atoms with Crippen molar-refractivity contribution in [2.75, 3.05) is 6.54 Å². The standard InChI is InChI=1S/C18H22FNO/c1-12-10-17(19)5-4-16(12)11-21-18-13(2)8-15(6-7-20)9-14(18)3/h4-5,8-10H,6-7,11,20H2,1-3H3. The number of hydrogen-bond acceptors (Lipinski definition) is 2. The van der Waals surface area contributed by atoms with E-state index in [1.54, 1.807) is 6.07 Å². The molecule has 0 heterocycles. The van der Waals surface area contributed by atoms with Crippen LogP contribution in [-0.2, 0) is 13.0 Å². The molecule has 0 saturated carbocycles. The van der Waals surface area contributed by atoms with Gasteiger partial charge in [0.1, 0.15) is 18.2 Å². The molecule has 0 bridgehead atoms. The minimum Gasteiger partial charge on any atom is -0.488 e. The van der Waals surface area contributed by atoms with Crippen LogP contribution in [0.15, 0.2) is 30.3 Å². The van der Waals surface area contributed by atoms with Gasteiger partial charge in [0, 0.05) is 0 Å². The molecule has 0 aliphatic heterocycles. The van der Waals surface area contributed by atoms with Crippen LogP contribution in [-0.4, -0.2) is 6.54 Å². The summed E-state index contributed by atoms with van der Waals surface area (Å²) in [7, 11) is 0. The zero-order chi connectivity index (χ0) is 15.4. The second-order valence-corrected chi connectivity index (χ2v) is 5.46. The van der Waals surface area contributed by atoms with Gasteiger partial charge in [0.05, 0.1) is 0 Å². The van der Waals surface area contributed by atoms with E-state index in [0.717, 1.165) is 34.4 Å². The number of benzene rings is 2. The second kappa shape index (κ2) is 6.72. The summed E-state index contributed by atoms with van der Waals surface area (Å²) in [6.45, 7) is 7.07. The van der Waals surface area contributed by atoms with E-state index in [0.29, 0.717) is 13.2 Å². The molecule has 0 spiro atoms. The molecular weight excluding hydrogens is 265 g/mol. The topological polar surface area (TPSA) is 35.2 Å². The van der Waals surface area contributed by atoms with Crippen LogP contribution in [0.2, 0.25) is 0 Å². The van der Waals surface area contributed by atoms with E-state index in [-0.39, 0.29) is 5.82 Å². The van der Waals surface area contributed by atoms with Crippen molar-refractivity contribution in [3.05, 3.63) is 64.0 Å². The minimum atomic E-state index is -0.213. The lowest BCUT2D eigenvalue weighted by molar-refractivity contribution is 0.301. The van der Waals surface area contributed by atoms with Gasteiger partial charge in [-0.2, -0.15) is 0 Å². The molecule has 0 saturated heterocycles. The summed E-state index contributed by atoms with van der Waals surface area (Å²) in [6.07, 6.45) is 0.874. The van der Waals surface area contributed by atoms with Gasteiger partial charge in [0.15, 0.2) is 0 Å². The molecule has 0 aliphatic carbocycles. The van der Waals surface area contributed by atoms with Gasteiger partial charge in [-0.15, -0.1) is 0 Å². The molecule has 3 heteroatoms. The van der Waals surface area contributed by atoms with Crippen LogP contribution in [0.1, 0.15) is 27.8 Å². The van der Waals surface area contributed by atoms with Crippen molar-refractivity contribution in [3.8, 4) is 5.75 Å². The van der Waals surface area contributed by atoms with Crippen molar-refractivity contribution in [1.82, 2.24) is 0 Å². The molecule has 0 aliphatic rings. The van der Waals surface area contributed by atoms with Crippen LogP contribution < -0.4 is 10.5 Å². The summed E-state index contributed by atoms with van der Waals surface area (Å²) < 4.78 is 19.1. The predicted octanol–water partition coefficient (Wildman–Crippen LogP) is 3.83. The Morgan fingerprint density at radius 1 is 1.00 bits per heavy atom. The normalized spacial score (nSPS) is 10.7. The average Bonchev–Trinajstić information content (AvgIpc) is 2.40. The first-order valence-corrected chi connectivity index (χ1v) is 7.19. The maximum absolute atomic E-state index is 13.1. The third-order valence-electron chi connectivity index (χ3n) is 3.63. The van der Waals surface area contributed by atoms with E-state index in [9.17, 15) is 4.39 Å². The van der Waals surface area contributed by atoms with Gasteiger partial charge in [0.25, 0.3) is 0 Å². The minimum absolute atomic E-state index is 0.213. The molecule has 2 rings (SSSR count). The highest BCUT2D eigenvalue weighted by Crippen LogP contribution is 2.26. The van der Waals surface area contributed by atoms with Crippen LogP contribution in [0.25, 0.3) is 0 Å². The number of aryl methyl sites for hydroxylation is 3. The number of ether oxygens (including phenoxy) is 1. The summed E-state index contributed by atoms with van der Waals surface area (Å²) in [6, 6.07) is 9.01. The van der Waals surface area contributed by atoms with Gasteiger partial charge in [-0.3, -0.25) is 0 Å². The Morgan fingerprint density at radius 2 is 1.67 bits per heavy atom. The molecule has 112 valence electrons. The third kappa shape index (κ3) is 3.82. The molecule has 2 N–H and O–H groups in total. The molecule has 0 amide bonds. The second-order valence-electron chi connectivity index (χ2n) is 5.46. The Hall–Kier alpha value is -1.87. The Kier molecular flexibility index (Phi) is 4.97. The first-order chi connectivity index (χ1) is 10.0. The number of halogens is 1. The maximum Gasteiger partial charge on any atom is 0.125 e. The molecule has 0 aromatic heterocycles. The van der Waals surface area contributed by atoms with E-state index in [1.165, 1.54) is 17.7 Å². The molecule has 21 heavy (non-hydrogen) atoms. The number of rotatable bonds is 5. The lowest BCUT2D eigenvalue weighted by Crippen LogP contribution is -2.05. The average molecular weight is 287 g/mol. The summed E-state index contributed by atoms with van der Waals surface area (Å²) in [5, 5.41) is 0. The SMILES string of the molecule is Cc1cc(F)ccc1COc1c(C)cc(CCN)cc1C. The predicted molar refractivity (Wildman–Crippen MR) is 84.1 cm³/mol. The molecule has 0 unspecified atom stereocenters. The Morgan fingerprint density at radius 3 is 2.24 bits per heavy atom. The maximum atomic E-state index is 13.1. The van der Waals surface area contributed by atoms with Gasteiger partial charge in [0.2, 0.25) is 0 Å². The molecular formula is C18H22FNO. The fourth-order valence-electron chi connectivity index (χ4n) is 2.55. The summed E-state index contributed by atoms with van der Waals surface area (Å²) >= 11 is 0. The summed E-state index contributed by atoms with van der Waals surface area (Å²) in [4.78, 5) is 0.